The fourth-order valence-electron chi connectivity index (χ4n) is 2.16. The summed E-state index contributed by atoms with van der Waals surface area (Å²) in [6.45, 7) is 2.04. The molecule has 2 aromatic carbocycles. The first-order chi connectivity index (χ1) is 11.4. The van der Waals surface area contributed by atoms with Crippen LogP contribution in [0.15, 0.2) is 53.4 Å². The Morgan fingerprint density at radius 2 is 1.92 bits per heavy atom. The second-order valence-electron chi connectivity index (χ2n) is 5.07. The summed E-state index contributed by atoms with van der Waals surface area (Å²) in [5.41, 5.74) is 1.08. The minimum absolute atomic E-state index is 0.0392. The van der Waals surface area contributed by atoms with Crippen LogP contribution in [0.2, 0.25) is 0 Å². The van der Waals surface area contributed by atoms with Crippen molar-refractivity contribution in [2.45, 2.75) is 24.7 Å². The van der Waals surface area contributed by atoms with Gasteiger partial charge < -0.3 is 9.84 Å². The first kappa shape index (κ1) is 17.8. The van der Waals surface area contributed by atoms with Crippen molar-refractivity contribution in [3.05, 3.63) is 54.1 Å². The van der Waals surface area contributed by atoms with E-state index in [2.05, 4.69) is 4.72 Å². The summed E-state index contributed by atoms with van der Waals surface area (Å²) in [7, 11) is -3.83. The van der Waals surface area contributed by atoms with Crippen molar-refractivity contribution in [1.29, 1.82) is 0 Å². The Balaban J connectivity index is 2.19. The molecule has 0 saturated carbocycles. The maximum absolute atomic E-state index is 12.4. The van der Waals surface area contributed by atoms with Gasteiger partial charge in [0.15, 0.2) is 0 Å². The number of carbonyl (C=O) groups excluding carboxylic acids is 1. The van der Waals surface area contributed by atoms with E-state index in [-0.39, 0.29) is 23.0 Å². The molecule has 0 aliphatic heterocycles. The van der Waals surface area contributed by atoms with Gasteiger partial charge in [-0.1, -0.05) is 24.3 Å². The molecule has 0 aromatic heterocycles. The number of phenolic OH excluding ortho intramolecular Hbond substituents is 1. The zero-order valence-electron chi connectivity index (χ0n) is 13.2. The molecule has 128 valence electrons. The zero-order valence-corrected chi connectivity index (χ0v) is 14.0. The highest BCUT2D eigenvalue weighted by Gasteiger charge is 2.16. The van der Waals surface area contributed by atoms with E-state index in [1.54, 1.807) is 31.2 Å². The molecule has 2 aromatic rings. The van der Waals surface area contributed by atoms with Crippen LogP contribution < -0.4 is 4.72 Å². The predicted octanol–water partition coefficient (Wildman–Crippen LogP) is 2.69. The summed E-state index contributed by atoms with van der Waals surface area (Å²) in [6, 6.07) is 12.3. The summed E-state index contributed by atoms with van der Waals surface area (Å²) >= 11 is 0. The number of phenols is 1. The van der Waals surface area contributed by atoms with Crippen molar-refractivity contribution < 1.29 is 23.1 Å². The van der Waals surface area contributed by atoms with Crippen molar-refractivity contribution in [1.82, 2.24) is 0 Å². The Morgan fingerprint density at radius 1 is 1.17 bits per heavy atom. The predicted molar refractivity (Wildman–Crippen MR) is 90.3 cm³/mol. The third-order valence-electron chi connectivity index (χ3n) is 3.29. The summed E-state index contributed by atoms with van der Waals surface area (Å²) in [5.74, 6) is -0.461. The molecule has 0 spiro atoms. The molecule has 0 amide bonds. The van der Waals surface area contributed by atoms with Gasteiger partial charge in [-0.15, -0.1) is 0 Å². The Labute approximate surface area is 141 Å². The average molecular weight is 349 g/mol. The number of aryl methyl sites for hydroxylation is 1. The van der Waals surface area contributed by atoms with E-state index in [0.29, 0.717) is 24.3 Å². The summed E-state index contributed by atoms with van der Waals surface area (Å²) < 4.78 is 32.2. The third kappa shape index (κ3) is 4.73. The summed E-state index contributed by atoms with van der Waals surface area (Å²) in [4.78, 5) is 11.4. The van der Waals surface area contributed by atoms with E-state index in [9.17, 15) is 18.3 Å². The lowest BCUT2D eigenvalue weighted by atomic mass is 10.1. The van der Waals surface area contributed by atoms with Crippen LogP contribution >= 0.6 is 0 Å². The Hall–Kier alpha value is -2.54. The van der Waals surface area contributed by atoms with E-state index in [1.165, 1.54) is 24.3 Å². The monoisotopic (exact) mass is 349 g/mol. The Morgan fingerprint density at radius 3 is 2.62 bits per heavy atom. The summed E-state index contributed by atoms with van der Waals surface area (Å²) in [6.07, 6.45) is 0.524. The third-order valence-corrected chi connectivity index (χ3v) is 4.66. The van der Waals surface area contributed by atoms with E-state index in [1.807, 2.05) is 0 Å². The molecular formula is C17H19NO5S. The van der Waals surface area contributed by atoms with Gasteiger partial charge in [0.25, 0.3) is 10.0 Å². The number of hydrogen-bond acceptors (Lipinski definition) is 5. The topological polar surface area (TPSA) is 92.7 Å². The molecule has 0 heterocycles. The smallest absolute Gasteiger partial charge is 0.306 e. The fraction of sp³-hybridized carbons (Fsp3) is 0.235. The highest BCUT2D eigenvalue weighted by molar-refractivity contribution is 7.92. The van der Waals surface area contributed by atoms with Crippen LogP contribution in [0.25, 0.3) is 0 Å². The van der Waals surface area contributed by atoms with Gasteiger partial charge >= 0.3 is 5.97 Å². The average Bonchev–Trinajstić information content (AvgIpc) is 2.54. The molecule has 0 aliphatic rings. The summed E-state index contributed by atoms with van der Waals surface area (Å²) in [5, 5.41) is 9.45. The molecule has 0 radical (unpaired) electrons. The lowest BCUT2D eigenvalue weighted by Gasteiger charge is -2.12. The molecule has 0 unspecified atom stereocenters. The molecule has 0 atom stereocenters. The number of benzene rings is 2. The first-order valence-corrected chi connectivity index (χ1v) is 8.96. The first-order valence-electron chi connectivity index (χ1n) is 7.48. The van der Waals surface area contributed by atoms with E-state index < -0.39 is 10.0 Å². The molecule has 0 aliphatic carbocycles. The van der Waals surface area contributed by atoms with E-state index in [4.69, 9.17) is 4.74 Å². The number of nitrogens with one attached hydrogen (secondary N) is 1. The van der Waals surface area contributed by atoms with Gasteiger partial charge in [0.1, 0.15) is 5.75 Å². The van der Waals surface area contributed by atoms with Gasteiger partial charge in [0.05, 0.1) is 17.2 Å². The highest BCUT2D eigenvalue weighted by Crippen LogP contribution is 2.23. The lowest BCUT2D eigenvalue weighted by Crippen LogP contribution is -2.14. The lowest BCUT2D eigenvalue weighted by molar-refractivity contribution is -0.143. The Bertz CT molecular complexity index is 817. The van der Waals surface area contributed by atoms with Gasteiger partial charge in [-0.2, -0.15) is 0 Å². The van der Waals surface area contributed by atoms with Gasteiger partial charge in [-0.3, -0.25) is 9.52 Å². The minimum atomic E-state index is -3.83. The molecule has 0 bridgehead atoms. The number of para-hydroxylation sites is 1. The number of aromatic hydroxyl groups is 1. The normalized spacial score (nSPS) is 11.0. The standard InChI is InChI=1S/C17H19NO5S/c1-2-23-17(20)11-10-13-6-3-4-9-16(13)18-24(21,22)15-8-5-7-14(19)12-15/h3-9,12,18-19H,2,10-11H2,1H3. The zero-order chi connectivity index (χ0) is 17.6. The van der Waals surface area contributed by atoms with Crippen LogP contribution in [-0.4, -0.2) is 26.1 Å². The molecule has 24 heavy (non-hydrogen) atoms. The van der Waals surface area contributed by atoms with Crippen molar-refractivity contribution >= 4 is 21.7 Å². The molecule has 0 saturated heterocycles. The van der Waals surface area contributed by atoms with Crippen molar-refractivity contribution in [3.63, 3.8) is 0 Å². The second kappa shape index (κ2) is 7.83. The van der Waals surface area contributed by atoms with Crippen LogP contribution in [0.4, 0.5) is 5.69 Å². The van der Waals surface area contributed by atoms with Crippen molar-refractivity contribution in [2.24, 2.45) is 0 Å². The quantitative estimate of drug-likeness (QED) is 0.750. The van der Waals surface area contributed by atoms with Gasteiger partial charge in [0, 0.05) is 12.5 Å². The van der Waals surface area contributed by atoms with Crippen LogP contribution in [-0.2, 0) is 26.0 Å². The van der Waals surface area contributed by atoms with Crippen molar-refractivity contribution in [3.8, 4) is 5.75 Å². The molecule has 6 nitrogen and oxygen atoms in total. The number of anilines is 1. The Kier molecular flexibility index (Phi) is 5.81. The fourth-order valence-corrected chi connectivity index (χ4v) is 3.30. The molecule has 2 rings (SSSR count). The largest absolute Gasteiger partial charge is 0.508 e. The van der Waals surface area contributed by atoms with Crippen molar-refractivity contribution in [2.75, 3.05) is 11.3 Å². The van der Waals surface area contributed by atoms with E-state index in [0.717, 1.165) is 0 Å². The number of hydrogen-bond donors (Lipinski definition) is 2. The van der Waals surface area contributed by atoms with Gasteiger partial charge in [0.2, 0.25) is 0 Å². The van der Waals surface area contributed by atoms with Crippen LogP contribution in [0.1, 0.15) is 18.9 Å². The maximum Gasteiger partial charge on any atom is 0.306 e. The van der Waals surface area contributed by atoms with Gasteiger partial charge in [-0.25, -0.2) is 8.42 Å². The number of carbonyl (C=O) groups is 1. The number of sulfonamides is 1. The van der Waals surface area contributed by atoms with Crippen LogP contribution in [0, 0.1) is 0 Å². The molecule has 0 fully saturated rings. The second-order valence-corrected chi connectivity index (χ2v) is 6.75. The number of rotatable bonds is 7. The minimum Gasteiger partial charge on any atom is -0.508 e. The molecule has 7 heteroatoms. The maximum atomic E-state index is 12.4. The van der Waals surface area contributed by atoms with Crippen LogP contribution in [0.5, 0.6) is 5.75 Å². The number of esters is 1. The van der Waals surface area contributed by atoms with Crippen LogP contribution in [0.3, 0.4) is 0 Å². The number of ether oxygens (including phenoxy) is 1. The van der Waals surface area contributed by atoms with E-state index >= 15 is 0 Å². The van der Waals surface area contributed by atoms with Gasteiger partial charge in [-0.05, 0) is 37.1 Å². The molecule has 2 N–H and O–H groups in total. The molecular weight excluding hydrogens is 330 g/mol. The highest BCUT2D eigenvalue weighted by atomic mass is 32.2. The SMILES string of the molecule is CCOC(=O)CCc1ccccc1NS(=O)(=O)c1cccc(O)c1.